The summed E-state index contributed by atoms with van der Waals surface area (Å²) in [5, 5.41) is 6.12. The Kier molecular flexibility index (Phi) is 5.21. The molecule has 0 bridgehead atoms. The molecule has 0 atom stereocenters. The van der Waals surface area contributed by atoms with Crippen molar-refractivity contribution in [3.63, 3.8) is 0 Å². The number of fused-ring (bicyclic) bond motifs is 1. The molecule has 138 valence electrons. The van der Waals surface area contributed by atoms with Gasteiger partial charge in [0.05, 0.1) is 12.1 Å². The highest BCUT2D eigenvalue weighted by atomic mass is 32.1. The maximum absolute atomic E-state index is 12.7. The molecule has 3 aromatic rings. The highest BCUT2D eigenvalue weighted by Crippen LogP contribution is 2.23. The molecule has 5 heteroatoms. The van der Waals surface area contributed by atoms with E-state index in [1.54, 1.807) is 0 Å². The number of amides is 1. The third-order valence-corrected chi connectivity index (χ3v) is 5.79. The predicted octanol–water partition coefficient (Wildman–Crippen LogP) is 4.58. The minimum absolute atomic E-state index is 0.147. The van der Waals surface area contributed by atoms with E-state index in [9.17, 15) is 4.79 Å². The number of thiazole rings is 1. The second kappa shape index (κ2) is 7.92. The fourth-order valence-electron chi connectivity index (χ4n) is 3.37. The summed E-state index contributed by atoms with van der Waals surface area (Å²) in [4.78, 5) is 19.2. The van der Waals surface area contributed by atoms with Crippen LogP contribution >= 0.6 is 11.3 Å². The van der Waals surface area contributed by atoms with Gasteiger partial charge in [-0.25, -0.2) is 4.98 Å². The van der Waals surface area contributed by atoms with Gasteiger partial charge < -0.3 is 10.2 Å². The first-order chi connectivity index (χ1) is 13.2. The lowest BCUT2D eigenvalue weighted by molar-refractivity contribution is -0.131. The van der Waals surface area contributed by atoms with Gasteiger partial charge in [0, 0.05) is 24.2 Å². The summed E-state index contributed by atoms with van der Waals surface area (Å²) < 4.78 is 0. The van der Waals surface area contributed by atoms with E-state index in [4.69, 9.17) is 0 Å². The second-order valence-electron chi connectivity index (χ2n) is 6.83. The van der Waals surface area contributed by atoms with Crippen LogP contribution in [-0.2, 0) is 30.6 Å². The van der Waals surface area contributed by atoms with Crippen LogP contribution < -0.4 is 5.32 Å². The van der Waals surface area contributed by atoms with Crippen LogP contribution in [0.1, 0.15) is 29.3 Å². The minimum Gasteiger partial charge on any atom is -0.338 e. The van der Waals surface area contributed by atoms with E-state index in [0.29, 0.717) is 13.0 Å². The van der Waals surface area contributed by atoms with Crippen molar-refractivity contribution in [2.75, 3.05) is 11.9 Å². The third kappa shape index (κ3) is 4.19. The van der Waals surface area contributed by atoms with E-state index < -0.39 is 0 Å². The lowest BCUT2D eigenvalue weighted by Gasteiger charge is -2.28. The van der Waals surface area contributed by atoms with Crippen molar-refractivity contribution < 1.29 is 4.79 Å². The number of carbonyl (C=O) groups is 1. The van der Waals surface area contributed by atoms with E-state index in [-0.39, 0.29) is 5.91 Å². The molecule has 0 unspecified atom stereocenters. The average Bonchev–Trinajstić information content (AvgIpc) is 3.15. The number of aromatic nitrogens is 1. The van der Waals surface area contributed by atoms with Gasteiger partial charge in [-0.05, 0) is 41.7 Å². The van der Waals surface area contributed by atoms with Crippen molar-refractivity contribution in [3.8, 4) is 0 Å². The molecular formula is C22H23N3OS. The Morgan fingerprint density at radius 1 is 1.15 bits per heavy atom. The van der Waals surface area contributed by atoms with Gasteiger partial charge in [-0.1, -0.05) is 43.3 Å². The average molecular weight is 378 g/mol. The van der Waals surface area contributed by atoms with Crippen LogP contribution in [-0.4, -0.2) is 22.3 Å². The molecule has 4 rings (SSSR count). The topological polar surface area (TPSA) is 45.2 Å². The molecule has 0 aliphatic carbocycles. The first kappa shape index (κ1) is 17.7. The quantitative estimate of drug-likeness (QED) is 0.708. The third-order valence-electron chi connectivity index (χ3n) is 4.98. The zero-order valence-electron chi connectivity index (χ0n) is 15.4. The molecule has 0 radical (unpaired) electrons. The second-order valence-corrected chi connectivity index (χ2v) is 7.69. The number of hydrogen-bond acceptors (Lipinski definition) is 4. The van der Waals surface area contributed by atoms with Crippen LogP contribution in [0.5, 0.6) is 0 Å². The van der Waals surface area contributed by atoms with Crippen molar-refractivity contribution in [2.45, 2.75) is 32.7 Å². The Labute approximate surface area is 163 Å². The zero-order chi connectivity index (χ0) is 18.6. The number of carbonyl (C=O) groups excluding carboxylic acids is 1. The molecule has 0 saturated carbocycles. The molecule has 4 nitrogen and oxygen atoms in total. The van der Waals surface area contributed by atoms with Gasteiger partial charge in [0.1, 0.15) is 0 Å². The van der Waals surface area contributed by atoms with Crippen molar-refractivity contribution >= 4 is 28.1 Å². The van der Waals surface area contributed by atoms with Crippen LogP contribution in [0.4, 0.5) is 10.8 Å². The lowest BCUT2D eigenvalue weighted by atomic mass is 10.00. The minimum atomic E-state index is 0.147. The Bertz CT molecular complexity index is 933. The van der Waals surface area contributed by atoms with E-state index >= 15 is 0 Å². The Morgan fingerprint density at radius 3 is 2.70 bits per heavy atom. The van der Waals surface area contributed by atoms with Gasteiger partial charge in [-0.3, -0.25) is 4.79 Å². The molecule has 2 heterocycles. The summed E-state index contributed by atoms with van der Waals surface area (Å²) in [6.07, 6.45) is 2.32. The summed E-state index contributed by atoms with van der Waals surface area (Å²) in [5.41, 5.74) is 5.78. The normalized spacial score (nSPS) is 13.3. The number of rotatable bonds is 5. The van der Waals surface area contributed by atoms with Crippen molar-refractivity contribution in [1.29, 1.82) is 0 Å². The summed E-state index contributed by atoms with van der Waals surface area (Å²) in [6, 6.07) is 16.7. The maximum Gasteiger partial charge on any atom is 0.228 e. The van der Waals surface area contributed by atoms with Crippen LogP contribution in [0.2, 0.25) is 0 Å². The van der Waals surface area contributed by atoms with Gasteiger partial charge in [-0.15, -0.1) is 11.3 Å². The van der Waals surface area contributed by atoms with Gasteiger partial charge >= 0.3 is 0 Å². The number of nitrogens with zero attached hydrogens (tertiary/aromatic N) is 2. The molecule has 1 aliphatic rings. The summed E-state index contributed by atoms with van der Waals surface area (Å²) in [6.45, 7) is 3.64. The first-order valence-corrected chi connectivity index (χ1v) is 10.2. The number of hydrogen-bond donors (Lipinski definition) is 1. The number of aryl methyl sites for hydroxylation is 1. The van der Waals surface area contributed by atoms with Crippen LogP contribution in [0.25, 0.3) is 0 Å². The van der Waals surface area contributed by atoms with Gasteiger partial charge in [0.25, 0.3) is 0 Å². The standard InChI is InChI=1S/C22H23N3OS/c1-2-16-7-9-19(10-8-16)23-22-24-20(15-27-22)13-21(26)25-12-11-17-5-3-4-6-18(17)14-25/h3-10,15H,2,11-14H2,1H3,(H,23,24). The van der Waals surface area contributed by atoms with E-state index in [1.807, 2.05) is 16.3 Å². The summed E-state index contributed by atoms with van der Waals surface area (Å²) in [5.74, 6) is 0.147. The molecule has 0 spiro atoms. The number of benzene rings is 2. The Morgan fingerprint density at radius 2 is 1.93 bits per heavy atom. The first-order valence-electron chi connectivity index (χ1n) is 9.36. The van der Waals surface area contributed by atoms with Gasteiger partial charge in [0.2, 0.25) is 5.91 Å². The van der Waals surface area contributed by atoms with Gasteiger partial charge in [-0.2, -0.15) is 0 Å². The van der Waals surface area contributed by atoms with E-state index in [2.05, 4.69) is 59.7 Å². The lowest BCUT2D eigenvalue weighted by Crippen LogP contribution is -2.36. The van der Waals surface area contributed by atoms with Crippen molar-refractivity contribution in [3.05, 3.63) is 76.3 Å². The zero-order valence-corrected chi connectivity index (χ0v) is 16.3. The van der Waals surface area contributed by atoms with Crippen LogP contribution in [0, 0.1) is 0 Å². The fourth-order valence-corrected chi connectivity index (χ4v) is 4.10. The van der Waals surface area contributed by atoms with E-state index in [1.165, 1.54) is 28.0 Å². The SMILES string of the molecule is CCc1ccc(Nc2nc(CC(=O)N3CCc4ccccc4C3)cs2)cc1. The van der Waals surface area contributed by atoms with Gasteiger partial charge in [0.15, 0.2) is 5.13 Å². The fraction of sp³-hybridized carbons (Fsp3) is 0.273. The molecule has 1 aromatic heterocycles. The highest BCUT2D eigenvalue weighted by Gasteiger charge is 2.21. The van der Waals surface area contributed by atoms with Crippen molar-refractivity contribution in [2.24, 2.45) is 0 Å². The molecule has 1 aliphatic heterocycles. The smallest absolute Gasteiger partial charge is 0.228 e. The Balaban J connectivity index is 1.37. The van der Waals surface area contributed by atoms with E-state index in [0.717, 1.165) is 35.9 Å². The highest BCUT2D eigenvalue weighted by molar-refractivity contribution is 7.13. The summed E-state index contributed by atoms with van der Waals surface area (Å²) >= 11 is 1.54. The molecule has 0 saturated heterocycles. The number of anilines is 2. The summed E-state index contributed by atoms with van der Waals surface area (Å²) in [7, 11) is 0. The molecule has 1 amide bonds. The van der Waals surface area contributed by atoms with Crippen molar-refractivity contribution in [1.82, 2.24) is 9.88 Å². The maximum atomic E-state index is 12.7. The largest absolute Gasteiger partial charge is 0.338 e. The predicted molar refractivity (Wildman–Crippen MR) is 110 cm³/mol. The molecule has 1 N–H and O–H groups in total. The Hall–Kier alpha value is -2.66. The van der Waals surface area contributed by atoms with Crippen LogP contribution in [0.15, 0.2) is 53.9 Å². The molecular weight excluding hydrogens is 354 g/mol. The molecule has 2 aromatic carbocycles. The van der Waals surface area contributed by atoms with Crippen LogP contribution in [0.3, 0.4) is 0 Å². The number of nitrogens with one attached hydrogen (secondary N) is 1. The monoisotopic (exact) mass is 377 g/mol. The molecule has 27 heavy (non-hydrogen) atoms. The molecule has 0 fully saturated rings.